The molecule has 2 nitrogen and oxygen atoms in total. The first-order valence-corrected chi connectivity index (χ1v) is 4.70. The Morgan fingerprint density at radius 3 is 1.93 bits per heavy atom. The van der Waals surface area contributed by atoms with Crippen LogP contribution in [0.1, 0.15) is 39.2 Å². The van der Waals surface area contributed by atoms with Gasteiger partial charge >= 0.3 is 0 Å². The van der Waals surface area contributed by atoms with Crippen LogP contribution in [0.3, 0.4) is 0 Å². The molecule has 0 bridgehead atoms. The summed E-state index contributed by atoms with van der Waals surface area (Å²) in [6, 6.07) is 7.44. The second-order valence-electron chi connectivity index (χ2n) is 3.62. The molecule has 0 amide bonds. The van der Waals surface area contributed by atoms with E-state index in [2.05, 4.69) is 13.8 Å². The number of Topliss-reactive ketones (excluding diaryl/α,β-unsaturated/α-hetero) is 1. The smallest absolute Gasteiger partial charge is 0.126 e. The minimum absolute atomic E-state index is 0.167. The molecule has 0 saturated carbocycles. The Bertz CT molecular complexity index is 286. The van der Waals surface area contributed by atoms with Gasteiger partial charge in [0.25, 0.3) is 0 Å². The van der Waals surface area contributed by atoms with Crippen LogP contribution in [-0.4, -0.2) is 10.9 Å². The highest BCUT2D eigenvalue weighted by Crippen LogP contribution is 2.23. The van der Waals surface area contributed by atoms with E-state index < -0.39 is 0 Å². The molecule has 2 heteroatoms. The summed E-state index contributed by atoms with van der Waals surface area (Å²) in [4.78, 5) is 9.44. The number of phenols is 1. The largest absolute Gasteiger partial charge is 0.508 e. The van der Waals surface area contributed by atoms with E-state index >= 15 is 0 Å². The first-order chi connectivity index (χ1) is 6.45. The number of para-hydroxylation sites is 1. The van der Waals surface area contributed by atoms with Gasteiger partial charge in [0.05, 0.1) is 0 Å². The first-order valence-electron chi connectivity index (χ1n) is 4.70. The van der Waals surface area contributed by atoms with Crippen LogP contribution in [0.25, 0.3) is 0 Å². The molecule has 0 saturated heterocycles. The van der Waals surface area contributed by atoms with E-state index in [1.165, 1.54) is 13.8 Å². The van der Waals surface area contributed by atoms with Crippen molar-refractivity contribution < 1.29 is 9.90 Å². The van der Waals surface area contributed by atoms with Gasteiger partial charge in [-0.15, -0.1) is 0 Å². The van der Waals surface area contributed by atoms with Gasteiger partial charge in [0.15, 0.2) is 0 Å². The molecule has 0 spiro atoms. The lowest BCUT2D eigenvalue weighted by Crippen LogP contribution is -1.85. The van der Waals surface area contributed by atoms with Gasteiger partial charge in [0, 0.05) is 0 Å². The zero-order valence-electron chi connectivity index (χ0n) is 9.24. The topological polar surface area (TPSA) is 37.3 Å². The molecule has 78 valence electrons. The number of carbonyl (C=O) groups excluding carboxylic acids is 1. The molecule has 0 heterocycles. The number of aromatic hydroxyl groups is 1. The highest BCUT2D eigenvalue weighted by atomic mass is 16.3. The van der Waals surface area contributed by atoms with Crippen LogP contribution < -0.4 is 0 Å². The number of rotatable bonds is 1. The molecule has 1 aromatic rings. The predicted molar refractivity (Wildman–Crippen MR) is 58.6 cm³/mol. The van der Waals surface area contributed by atoms with Crippen LogP contribution in [0.15, 0.2) is 24.3 Å². The standard InChI is InChI=1S/C9H12O.C3H6O/c1-7(2)8-5-3-4-6-9(8)10;1-3(2)4/h3-7,10H,1-2H3;1-2H3. The normalized spacial score (nSPS) is 9.21. The minimum Gasteiger partial charge on any atom is -0.508 e. The van der Waals surface area contributed by atoms with Crippen molar-refractivity contribution in [1.82, 2.24) is 0 Å². The van der Waals surface area contributed by atoms with Gasteiger partial charge in [-0.2, -0.15) is 0 Å². The molecule has 0 aliphatic carbocycles. The van der Waals surface area contributed by atoms with Gasteiger partial charge in [-0.3, -0.25) is 0 Å². The second kappa shape index (κ2) is 6.19. The number of carbonyl (C=O) groups is 1. The van der Waals surface area contributed by atoms with Gasteiger partial charge in [0.1, 0.15) is 11.5 Å². The summed E-state index contributed by atoms with van der Waals surface area (Å²) < 4.78 is 0. The molecule has 0 fully saturated rings. The van der Waals surface area contributed by atoms with Crippen molar-refractivity contribution in [3.63, 3.8) is 0 Å². The van der Waals surface area contributed by atoms with Crippen LogP contribution in [0.4, 0.5) is 0 Å². The van der Waals surface area contributed by atoms with Crippen molar-refractivity contribution in [2.75, 3.05) is 0 Å². The van der Waals surface area contributed by atoms with Gasteiger partial charge in [-0.05, 0) is 31.4 Å². The SMILES string of the molecule is CC(C)=O.CC(C)c1ccccc1O. The third kappa shape index (κ3) is 5.36. The van der Waals surface area contributed by atoms with Crippen LogP contribution >= 0.6 is 0 Å². The van der Waals surface area contributed by atoms with Crippen LogP contribution in [0.5, 0.6) is 5.75 Å². The zero-order chi connectivity index (χ0) is 11.1. The number of hydrogen-bond donors (Lipinski definition) is 1. The Morgan fingerprint density at radius 2 is 1.64 bits per heavy atom. The molecule has 0 radical (unpaired) electrons. The maximum atomic E-state index is 9.44. The van der Waals surface area contributed by atoms with Crippen molar-refractivity contribution in [3.8, 4) is 5.75 Å². The number of benzene rings is 1. The van der Waals surface area contributed by atoms with E-state index in [9.17, 15) is 9.90 Å². The van der Waals surface area contributed by atoms with Crippen LogP contribution in [0.2, 0.25) is 0 Å². The van der Waals surface area contributed by atoms with Crippen molar-refractivity contribution >= 4 is 5.78 Å². The lowest BCUT2D eigenvalue weighted by atomic mass is 10.0. The fraction of sp³-hybridized carbons (Fsp3) is 0.417. The molecular weight excluding hydrogens is 176 g/mol. The molecule has 0 atom stereocenters. The van der Waals surface area contributed by atoms with E-state index in [0.717, 1.165) is 5.56 Å². The number of phenolic OH excluding ortho intramolecular Hbond substituents is 1. The first kappa shape index (κ1) is 12.7. The Labute approximate surface area is 85.6 Å². The van der Waals surface area contributed by atoms with Gasteiger partial charge in [0.2, 0.25) is 0 Å². The summed E-state index contributed by atoms with van der Waals surface area (Å²) in [6.07, 6.45) is 0. The quantitative estimate of drug-likeness (QED) is 0.745. The van der Waals surface area contributed by atoms with Crippen molar-refractivity contribution in [3.05, 3.63) is 29.8 Å². The Kier molecular flexibility index (Phi) is 5.61. The van der Waals surface area contributed by atoms with Crippen molar-refractivity contribution in [2.45, 2.75) is 33.6 Å². The van der Waals surface area contributed by atoms with Crippen molar-refractivity contribution in [1.29, 1.82) is 0 Å². The van der Waals surface area contributed by atoms with Gasteiger partial charge in [-0.25, -0.2) is 0 Å². The maximum absolute atomic E-state index is 9.44. The summed E-state index contributed by atoms with van der Waals surface area (Å²) in [5.74, 6) is 0.971. The summed E-state index contributed by atoms with van der Waals surface area (Å²) in [5, 5.41) is 9.28. The Hall–Kier alpha value is -1.31. The summed E-state index contributed by atoms with van der Waals surface area (Å²) in [6.45, 7) is 7.18. The number of hydrogen-bond acceptors (Lipinski definition) is 2. The van der Waals surface area contributed by atoms with Crippen molar-refractivity contribution in [2.24, 2.45) is 0 Å². The molecule has 14 heavy (non-hydrogen) atoms. The Balaban J connectivity index is 0.000000364. The molecule has 0 aromatic heterocycles. The van der Waals surface area contributed by atoms with E-state index in [-0.39, 0.29) is 5.78 Å². The predicted octanol–water partition coefficient (Wildman–Crippen LogP) is 3.11. The fourth-order valence-electron chi connectivity index (χ4n) is 0.976. The summed E-state index contributed by atoms with van der Waals surface area (Å²) in [5.41, 5.74) is 1.02. The molecule has 0 aliphatic heterocycles. The van der Waals surface area contributed by atoms with Gasteiger partial charge < -0.3 is 9.90 Å². The molecule has 1 rings (SSSR count). The third-order valence-electron chi connectivity index (χ3n) is 1.56. The lowest BCUT2D eigenvalue weighted by Gasteiger charge is -2.05. The molecule has 0 aliphatic rings. The average molecular weight is 194 g/mol. The van der Waals surface area contributed by atoms with Gasteiger partial charge in [-0.1, -0.05) is 32.0 Å². The summed E-state index contributed by atoms with van der Waals surface area (Å²) in [7, 11) is 0. The van der Waals surface area contributed by atoms with E-state index in [1.54, 1.807) is 6.07 Å². The van der Waals surface area contributed by atoms with Crippen LogP contribution in [0, 0.1) is 0 Å². The monoisotopic (exact) mass is 194 g/mol. The molecule has 1 N–H and O–H groups in total. The fourth-order valence-corrected chi connectivity index (χ4v) is 0.976. The highest BCUT2D eigenvalue weighted by Gasteiger charge is 2.01. The zero-order valence-corrected chi connectivity index (χ0v) is 9.24. The van der Waals surface area contributed by atoms with E-state index in [4.69, 9.17) is 0 Å². The van der Waals surface area contributed by atoms with Crippen LogP contribution in [-0.2, 0) is 4.79 Å². The third-order valence-corrected chi connectivity index (χ3v) is 1.56. The average Bonchev–Trinajstić information content (AvgIpc) is 2.03. The molecule has 0 unspecified atom stereocenters. The molecule has 1 aromatic carbocycles. The van der Waals surface area contributed by atoms with E-state index in [0.29, 0.717) is 11.7 Å². The summed E-state index contributed by atoms with van der Waals surface area (Å²) >= 11 is 0. The highest BCUT2D eigenvalue weighted by molar-refractivity contribution is 5.72. The maximum Gasteiger partial charge on any atom is 0.126 e. The lowest BCUT2D eigenvalue weighted by molar-refractivity contribution is -0.114. The Morgan fingerprint density at radius 1 is 1.21 bits per heavy atom. The molecular formula is C12H18O2. The second-order valence-corrected chi connectivity index (χ2v) is 3.62. The number of ketones is 1. The minimum atomic E-state index is 0.167. The van der Waals surface area contributed by atoms with E-state index in [1.807, 2.05) is 18.2 Å².